The summed E-state index contributed by atoms with van der Waals surface area (Å²) in [6.07, 6.45) is -0.610. The van der Waals surface area contributed by atoms with Crippen molar-refractivity contribution in [2.45, 2.75) is 25.5 Å². The van der Waals surface area contributed by atoms with Crippen molar-refractivity contribution in [3.8, 4) is 0 Å². The Morgan fingerprint density at radius 3 is 2.60 bits per heavy atom. The highest BCUT2D eigenvalue weighted by Crippen LogP contribution is 2.37. The van der Waals surface area contributed by atoms with E-state index in [9.17, 15) is 4.79 Å². The van der Waals surface area contributed by atoms with Crippen molar-refractivity contribution in [2.24, 2.45) is 0 Å². The summed E-state index contributed by atoms with van der Waals surface area (Å²) in [5.74, 6) is 0. The van der Waals surface area contributed by atoms with E-state index < -0.39 is 0 Å². The first-order chi connectivity index (χ1) is 7.00. The molecule has 0 radical (unpaired) electrons. The molecule has 1 aliphatic rings. The largest absolute Gasteiger partial charge is 0.439 e. The molecule has 1 aromatic carbocycles. The van der Waals surface area contributed by atoms with Gasteiger partial charge in [0.05, 0.1) is 5.54 Å². The van der Waals surface area contributed by atoms with Crippen LogP contribution >= 0.6 is 15.9 Å². The van der Waals surface area contributed by atoms with Crippen molar-refractivity contribution < 1.29 is 9.53 Å². The Kier molecular flexibility index (Phi) is 2.46. The first-order valence-electron chi connectivity index (χ1n) is 4.74. The van der Waals surface area contributed by atoms with Gasteiger partial charge in [-0.1, -0.05) is 34.1 Å². The molecule has 1 N–H and O–H groups in total. The van der Waals surface area contributed by atoms with Crippen LogP contribution in [0.2, 0.25) is 0 Å². The van der Waals surface area contributed by atoms with E-state index in [0.29, 0.717) is 0 Å². The van der Waals surface area contributed by atoms with Gasteiger partial charge in [0.25, 0.3) is 0 Å². The smallest absolute Gasteiger partial charge is 0.408 e. The highest BCUT2D eigenvalue weighted by atomic mass is 79.9. The van der Waals surface area contributed by atoms with Crippen LogP contribution in [0.25, 0.3) is 0 Å². The van der Waals surface area contributed by atoms with Crippen LogP contribution in [0.3, 0.4) is 0 Å². The van der Waals surface area contributed by atoms with Crippen LogP contribution in [0.5, 0.6) is 0 Å². The molecule has 1 aromatic rings. The average molecular weight is 270 g/mol. The number of cyclic esters (lactones) is 1. The van der Waals surface area contributed by atoms with E-state index in [1.54, 1.807) is 0 Å². The fourth-order valence-electron chi connectivity index (χ4n) is 1.75. The summed E-state index contributed by atoms with van der Waals surface area (Å²) in [6, 6.07) is 7.77. The molecule has 0 aliphatic carbocycles. The number of rotatable bonds is 1. The molecule has 0 unspecified atom stereocenters. The molecule has 15 heavy (non-hydrogen) atoms. The monoisotopic (exact) mass is 269 g/mol. The van der Waals surface area contributed by atoms with Gasteiger partial charge >= 0.3 is 6.09 Å². The maximum atomic E-state index is 11.2. The van der Waals surface area contributed by atoms with Gasteiger partial charge in [0.1, 0.15) is 0 Å². The predicted octanol–water partition coefficient (Wildman–Crippen LogP) is 3.01. The van der Waals surface area contributed by atoms with Gasteiger partial charge in [-0.2, -0.15) is 0 Å². The lowest BCUT2D eigenvalue weighted by atomic mass is 9.92. The third kappa shape index (κ3) is 1.86. The Morgan fingerprint density at radius 2 is 2.07 bits per heavy atom. The SMILES string of the molecule is CC1(C)NC(=O)O[C@@H]1c1ccccc1Br. The molecule has 1 atom stereocenters. The number of hydrogen-bond acceptors (Lipinski definition) is 2. The molecule has 0 saturated carbocycles. The summed E-state index contributed by atoms with van der Waals surface area (Å²) < 4.78 is 6.22. The third-order valence-corrected chi connectivity index (χ3v) is 3.21. The minimum absolute atomic E-state index is 0.249. The van der Waals surface area contributed by atoms with Crippen molar-refractivity contribution in [3.05, 3.63) is 34.3 Å². The fourth-order valence-corrected chi connectivity index (χ4v) is 2.25. The van der Waals surface area contributed by atoms with Gasteiger partial charge in [-0.15, -0.1) is 0 Å². The molecule has 1 saturated heterocycles. The van der Waals surface area contributed by atoms with Gasteiger partial charge in [-0.25, -0.2) is 4.79 Å². The van der Waals surface area contributed by atoms with Crippen molar-refractivity contribution in [3.63, 3.8) is 0 Å². The summed E-state index contributed by atoms with van der Waals surface area (Å²) in [5.41, 5.74) is 0.613. The number of hydrogen-bond donors (Lipinski definition) is 1. The van der Waals surface area contributed by atoms with Crippen LogP contribution in [0.4, 0.5) is 4.79 Å². The van der Waals surface area contributed by atoms with E-state index in [0.717, 1.165) is 10.0 Å². The van der Waals surface area contributed by atoms with Crippen LogP contribution in [-0.4, -0.2) is 11.6 Å². The second-order valence-electron chi connectivity index (χ2n) is 4.15. The number of alkyl carbamates (subject to hydrolysis) is 1. The minimum Gasteiger partial charge on any atom is -0.439 e. The first-order valence-corrected chi connectivity index (χ1v) is 5.53. The van der Waals surface area contributed by atoms with Crippen molar-refractivity contribution in [2.75, 3.05) is 0 Å². The molecule has 3 nitrogen and oxygen atoms in total. The molecule has 4 heteroatoms. The van der Waals surface area contributed by atoms with Gasteiger partial charge < -0.3 is 10.1 Å². The summed E-state index contributed by atoms with van der Waals surface area (Å²) in [6.45, 7) is 3.89. The quantitative estimate of drug-likeness (QED) is 0.851. The third-order valence-electron chi connectivity index (χ3n) is 2.49. The second-order valence-corrected chi connectivity index (χ2v) is 5.01. The lowest BCUT2D eigenvalue weighted by Crippen LogP contribution is -2.38. The van der Waals surface area contributed by atoms with E-state index >= 15 is 0 Å². The maximum absolute atomic E-state index is 11.2. The van der Waals surface area contributed by atoms with Gasteiger partial charge in [0.15, 0.2) is 6.10 Å². The number of halogens is 1. The van der Waals surface area contributed by atoms with Crippen LogP contribution in [0, 0.1) is 0 Å². The number of carbonyl (C=O) groups excluding carboxylic acids is 1. The molecule has 1 heterocycles. The van der Waals surface area contributed by atoms with Gasteiger partial charge in [-0.05, 0) is 19.9 Å². The summed E-state index contributed by atoms with van der Waals surface area (Å²) in [5, 5.41) is 2.79. The van der Waals surface area contributed by atoms with Gasteiger partial charge in [0.2, 0.25) is 0 Å². The van der Waals surface area contributed by atoms with Crippen LogP contribution < -0.4 is 5.32 Å². The van der Waals surface area contributed by atoms with Crippen molar-refractivity contribution in [1.29, 1.82) is 0 Å². The predicted molar refractivity (Wildman–Crippen MR) is 60.6 cm³/mol. The summed E-state index contributed by atoms with van der Waals surface area (Å²) in [4.78, 5) is 11.2. The van der Waals surface area contributed by atoms with E-state index in [1.165, 1.54) is 0 Å². The number of nitrogens with one attached hydrogen (secondary N) is 1. The highest BCUT2D eigenvalue weighted by Gasteiger charge is 2.42. The Hall–Kier alpha value is -1.03. The summed E-state index contributed by atoms with van der Waals surface area (Å²) in [7, 11) is 0. The lowest BCUT2D eigenvalue weighted by molar-refractivity contribution is 0.117. The first kappa shape index (κ1) is 10.5. The molecule has 1 aliphatic heterocycles. The molecule has 2 rings (SSSR count). The van der Waals surface area contributed by atoms with Crippen LogP contribution in [0.15, 0.2) is 28.7 Å². The Bertz CT molecular complexity index is 403. The zero-order valence-electron chi connectivity index (χ0n) is 8.58. The Morgan fingerprint density at radius 1 is 1.40 bits per heavy atom. The standard InChI is InChI=1S/C11H12BrNO2/c1-11(2)9(15-10(14)13-11)7-5-3-4-6-8(7)12/h3-6,9H,1-2H3,(H,13,14)/t9-/m1/s1. The molecular formula is C11H12BrNO2. The molecular weight excluding hydrogens is 258 g/mol. The Balaban J connectivity index is 2.40. The van der Waals surface area contributed by atoms with Gasteiger partial charge in [-0.3, -0.25) is 0 Å². The van der Waals surface area contributed by atoms with Crippen molar-refractivity contribution >= 4 is 22.0 Å². The topological polar surface area (TPSA) is 38.3 Å². The van der Waals surface area contributed by atoms with E-state index in [4.69, 9.17) is 4.74 Å². The molecule has 1 fully saturated rings. The van der Waals surface area contributed by atoms with Crippen LogP contribution in [0.1, 0.15) is 25.5 Å². The van der Waals surface area contributed by atoms with Gasteiger partial charge in [0, 0.05) is 10.0 Å². The average Bonchev–Trinajstić information content (AvgIpc) is 2.40. The molecule has 0 spiro atoms. The maximum Gasteiger partial charge on any atom is 0.408 e. The molecule has 0 aromatic heterocycles. The second kappa shape index (κ2) is 3.52. The summed E-state index contributed by atoms with van der Waals surface area (Å²) >= 11 is 3.46. The van der Waals surface area contributed by atoms with E-state index in [-0.39, 0.29) is 17.7 Å². The van der Waals surface area contributed by atoms with Crippen molar-refractivity contribution in [1.82, 2.24) is 5.32 Å². The number of carbonyl (C=O) groups is 1. The van der Waals surface area contributed by atoms with E-state index in [1.807, 2.05) is 38.1 Å². The van der Waals surface area contributed by atoms with Crippen LogP contribution in [-0.2, 0) is 4.74 Å². The Labute approximate surface area is 96.9 Å². The number of amides is 1. The van der Waals surface area contributed by atoms with E-state index in [2.05, 4.69) is 21.2 Å². The molecule has 80 valence electrons. The fraction of sp³-hybridized carbons (Fsp3) is 0.364. The molecule has 1 amide bonds. The minimum atomic E-state index is -0.374. The zero-order valence-corrected chi connectivity index (χ0v) is 10.2. The number of benzene rings is 1. The highest BCUT2D eigenvalue weighted by molar-refractivity contribution is 9.10. The zero-order chi connectivity index (χ0) is 11.1. The lowest BCUT2D eigenvalue weighted by Gasteiger charge is -2.24. The molecule has 0 bridgehead atoms. The number of ether oxygens (including phenoxy) is 1. The normalized spacial score (nSPS) is 23.4.